The fourth-order valence-electron chi connectivity index (χ4n) is 3.81. The van der Waals surface area contributed by atoms with Gasteiger partial charge in [0.2, 0.25) is 11.8 Å². The number of nitrogens with zero attached hydrogens (tertiary/aromatic N) is 6. The molecule has 11 heteroatoms. The molecule has 1 aromatic heterocycles. The number of nitrogens with one attached hydrogen (secondary N) is 1. The summed E-state index contributed by atoms with van der Waals surface area (Å²) in [4.78, 5) is 38.4. The number of hydrogen-bond acceptors (Lipinski definition) is 7. The van der Waals surface area contributed by atoms with E-state index in [-0.39, 0.29) is 25.5 Å². The third-order valence-corrected chi connectivity index (χ3v) is 5.56. The number of rotatable bonds is 8. The summed E-state index contributed by atoms with van der Waals surface area (Å²) in [5, 5.41) is 26.3. The summed E-state index contributed by atoms with van der Waals surface area (Å²) in [6, 6.07) is 6.20. The third kappa shape index (κ3) is 5.64. The van der Waals surface area contributed by atoms with E-state index in [4.69, 9.17) is 5.53 Å². The summed E-state index contributed by atoms with van der Waals surface area (Å²) in [7, 11) is 0. The molecule has 1 fully saturated rings. The maximum absolute atomic E-state index is 13.0. The zero-order valence-electron chi connectivity index (χ0n) is 18.4. The highest BCUT2D eigenvalue weighted by Gasteiger charge is 2.42. The Bertz CT molecular complexity index is 1010. The maximum atomic E-state index is 13.0. The Morgan fingerprint density at radius 3 is 2.52 bits per heavy atom. The number of hydrogen-bond donors (Lipinski definition) is 3. The van der Waals surface area contributed by atoms with Gasteiger partial charge in [-0.15, -0.1) is 0 Å². The lowest BCUT2D eigenvalue weighted by Gasteiger charge is -2.29. The number of aromatic nitrogens is 2. The first-order chi connectivity index (χ1) is 15.8. The van der Waals surface area contributed by atoms with E-state index in [1.54, 1.807) is 56.6 Å². The molecule has 1 aliphatic rings. The van der Waals surface area contributed by atoms with Crippen LogP contribution in [0.25, 0.3) is 21.8 Å². The van der Waals surface area contributed by atoms with Gasteiger partial charge in [-0.1, -0.05) is 43.2 Å². The van der Waals surface area contributed by atoms with E-state index in [1.165, 1.54) is 4.90 Å². The largest absolute Gasteiger partial charge is 0.394 e. The second-order valence-electron chi connectivity index (χ2n) is 8.23. The van der Waals surface area contributed by atoms with Crippen LogP contribution in [-0.4, -0.2) is 68.2 Å². The number of amides is 2. The highest BCUT2D eigenvalue weighted by atomic mass is 16.3. The van der Waals surface area contributed by atoms with Gasteiger partial charge >= 0.3 is 0 Å². The van der Waals surface area contributed by atoms with Crippen LogP contribution in [0.5, 0.6) is 0 Å². The van der Waals surface area contributed by atoms with Gasteiger partial charge in [0.05, 0.1) is 18.8 Å². The number of benzene rings is 1. The zero-order chi connectivity index (χ0) is 24.0. The minimum atomic E-state index is -0.975. The first-order valence-electron chi connectivity index (χ1n) is 10.7. The SMILES string of the molecule is CC(C)[C@H](N=[N+]=[N-])C(=O)N1C[C@H](O)C[C@H]1C(=O)N[C@@H](CO)c1ccc(-c2ncccn2)cc1. The van der Waals surface area contributed by atoms with Crippen molar-refractivity contribution >= 4 is 11.8 Å². The van der Waals surface area contributed by atoms with E-state index in [2.05, 4.69) is 25.3 Å². The molecular formula is C22H27N7O4. The van der Waals surface area contributed by atoms with Gasteiger partial charge < -0.3 is 20.4 Å². The smallest absolute Gasteiger partial charge is 0.243 e. The summed E-state index contributed by atoms with van der Waals surface area (Å²) in [5.41, 5.74) is 10.2. The minimum absolute atomic E-state index is 0.0311. The molecule has 3 rings (SSSR count). The van der Waals surface area contributed by atoms with Gasteiger partial charge in [0.15, 0.2) is 5.82 Å². The van der Waals surface area contributed by atoms with Crippen LogP contribution < -0.4 is 5.32 Å². The minimum Gasteiger partial charge on any atom is -0.394 e. The van der Waals surface area contributed by atoms with E-state index in [0.717, 1.165) is 5.56 Å². The van der Waals surface area contributed by atoms with Gasteiger partial charge in [-0.05, 0) is 23.1 Å². The highest BCUT2D eigenvalue weighted by molar-refractivity contribution is 5.91. The Morgan fingerprint density at radius 2 is 1.94 bits per heavy atom. The van der Waals surface area contributed by atoms with Gasteiger partial charge in [-0.25, -0.2) is 9.97 Å². The van der Waals surface area contributed by atoms with E-state index < -0.39 is 36.0 Å². The third-order valence-electron chi connectivity index (χ3n) is 5.56. The van der Waals surface area contributed by atoms with Gasteiger partial charge in [-0.3, -0.25) is 9.59 Å². The summed E-state index contributed by atoms with van der Waals surface area (Å²) in [5.74, 6) is -0.722. The summed E-state index contributed by atoms with van der Waals surface area (Å²) < 4.78 is 0. The average Bonchev–Trinajstić information content (AvgIpc) is 3.22. The Labute approximate surface area is 191 Å². The number of aliphatic hydroxyl groups excluding tert-OH is 2. The predicted molar refractivity (Wildman–Crippen MR) is 119 cm³/mol. The summed E-state index contributed by atoms with van der Waals surface area (Å²) >= 11 is 0. The normalized spacial score (nSPS) is 19.6. The van der Waals surface area contributed by atoms with E-state index in [0.29, 0.717) is 11.4 Å². The van der Waals surface area contributed by atoms with Crippen LogP contribution in [0.1, 0.15) is 31.9 Å². The molecule has 11 nitrogen and oxygen atoms in total. The topological polar surface area (TPSA) is 164 Å². The van der Waals surface area contributed by atoms with E-state index >= 15 is 0 Å². The summed E-state index contributed by atoms with van der Waals surface area (Å²) in [6.07, 6.45) is 2.46. The van der Waals surface area contributed by atoms with Crippen LogP contribution in [0, 0.1) is 5.92 Å². The van der Waals surface area contributed by atoms with Crippen LogP contribution >= 0.6 is 0 Å². The van der Waals surface area contributed by atoms with Crippen molar-refractivity contribution < 1.29 is 19.8 Å². The average molecular weight is 454 g/mol. The van der Waals surface area contributed by atoms with Gasteiger partial charge in [0.1, 0.15) is 12.1 Å². The number of carbonyl (C=O) groups is 2. The van der Waals surface area contributed by atoms with Crippen molar-refractivity contribution in [1.29, 1.82) is 0 Å². The molecule has 0 spiro atoms. The lowest BCUT2D eigenvalue weighted by Crippen LogP contribution is -2.50. The van der Waals surface area contributed by atoms with Crippen LogP contribution in [0.2, 0.25) is 0 Å². The van der Waals surface area contributed by atoms with Crippen molar-refractivity contribution in [2.24, 2.45) is 11.0 Å². The van der Waals surface area contributed by atoms with Crippen LogP contribution in [0.3, 0.4) is 0 Å². The van der Waals surface area contributed by atoms with Crippen LogP contribution in [0.4, 0.5) is 0 Å². The molecule has 0 saturated carbocycles. The van der Waals surface area contributed by atoms with Crippen molar-refractivity contribution in [1.82, 2.24) is 20.2 Å². The van der Waals surface area contributed by atoms with Gasteiger partial charge in [-0.2, -0.15) is 0 Å². The van der Waals surface area contributed by atoms with Crippen LogP contribution in [-0.2, 0) is 9.59 Å². The van der Waals surface area contributed by atoms with Gasteiger partial charge in [0, 0.05) is 35.8 Å². The molecule has 0 aliphatic carbocycles. The fourth-order valence-corrected chi connectivity index (χ4v) is 3.81. The molecule has 4 atom stereocenters. The second kappa shape index (κ2) is 10.9. The molecule has 1 saturated heterocycles. The number of β-amino-alcohol motifs (C(OH)–C–C–N with tert-alkyl or cyclic N) is 1. The standard InChI is InChI=1S/C22H27N7O4/c1-13(2)19(27-28-23)22(33)29-11-16(31)10-18(29)21(32)26-17(12-30)14-4-6-15(7-5-14)20-24-8-3-9-25-20/h3-9,13,16-19,30-31H,10-12H2,1-2H3,(H,26,32)/t16-,17+,18+,19+/m1/s1. The van der Waals surface area contributed by atoms with Crippen molar-refractivity contribution in [2.75, 3.05) is 13.2 Å². The molecule has 0 bridgehead atoms. The van der Waals surface area contributed by atoms with Gasteiger partial charge in [0.25, 0.3) is 0 Å². The predicted octanol–water partition coefficient (Wildman–Crippen LogP) is 1.59. The first-order valence-corrected chi connectivity index (χ1v) is 10.7. The molecule has 2 heterocycles. The molecule has 174 valence electrons. The Morgan fingerprint density at radius 1 is 1.27 bits per heavy atom. The fraction of sp³-hybridized carbons (Fsp3) is 0.455. The monoisotopic (exact) mass is 453 g/mol. The lowest BCUT2D eigenvalue weighted by atomic mass is 10.0. The molecule has 1 aromatic carbocycles. The number of azide groups is 1. The maximum Gasteiger partial charge on any atom is 0.243 e. The Balaban J connectivity index is 1.74. The molecule has 2 aromatic rings. The number of likely N-dealkylation sites (tertiary alicyclic amines) is 1. The van der Waals surface area contributed by atoms with Crippen molar-refractivity contribution in [3.05, 3.63) is 58.7 Å². The van der Waals surface area contributed by atoms with E-state index in [9.17, 15) is 19.8 Å². The second-order valence-corrected chi connectivity index (χ2v) is 8.23. The summed E-state index contributed by atoms with van der Waals surface area (Å²) in [6.45, 7) is 3.09. The molecule has 0 radical (unpaired) electrons. The first kappa shape index (κ1) is 24.1. The molecule has 1 aliphatic heterocycles. The molecule has 2 amide bonds. The quantitative estimate of drug-likeness (QED) is 0.312. The van der Waals surface area contributed by atoms with Crippen molar-refractivity contribution in [3.8, 4) is 11.4 Å². The zero-order valence-corrected chi connectivity index (χ0v) is 18.4. The number of aliphatic hydroxyl groups is 2. The Kier molecular flexibility index (Phi) is 7.94. The van der Waals surface area contributed by atoms with Crippen molar-refractivity contribution in [3.63, 3.8) is 0 Å². The Hall–Kier alpha value is -3.53. The molecular weight excluding hydrogens is 426 g/mol. The van der Waals surface area contributed by atoms with E-state index in [1.807, 2.05) is 0 Å². The van der Waals surface area contributed by atoms with Crippen molar-refractivity contribution in [2.45, 2.75) is 44.5 Å². The highest BCUT2D eigenvalue weighted by Crippen LogP contribution is 2.24. The molecule has 33 heavy (non-hydrogen) atoms. The number of carbonyl (C=O) groups excluding carboxylic acids is 2. The molecule has 3 N–H and O–H groups in total. The van der Waals surface area contributed by atoms with Crippen LogP contribution in [0.15, 0.2) is 47.8 Å². The molecule has 0 unspecified atom stereocenters. The lowest BCUT2D eigenvalue weighted by molar-refractivity contribution is -0.140.